The SMILES string of the molecule is CCCN1CC=C2C(C#N)=C(N)C(C#N)(C#N)C(c3cc(OC)cc(OC)c3)C2C1. The zero-order chi connectivity index (χ0) is 21.9. The van der Waals surface area contributed by atoms with Crippen molar-refractivity contribution in [2.24, 2.45) is 17.1 Å². The summed E-state index contributed by atoms with van der Waals surface area (Å²) >= 11 is 0. The number of hydrogen-bond acceptors (Lipinski definition) is 7. The maximum atomic E-state index is 10.2. The summed E-state index contributed by atoms with van der Waals surface area (Å²) in [6, 6.07) is 11.9. The first-order valence-corrected chi connectivity index (χ1v) is 9.88. The summed E-state index contributed by atoms with van der Waals surface area (Å²) in [5.41, 5.74) is 6.50. The van der Waals surface area contributed by atoms with Gasteiger partial charge in [-0.3, -0.25) is 4.90 Å². The summed E-state index contributed by atoms with van der Waals surface area (Å²) in [5.74, 6) is 0.326. The Bertz CT molecular complexity index is 985. The van der Waals surface area contributed by atoms with Crippen LogP contribution in [0.4, 0.5) is 0 Å². The molecule has 3 rings (SSSR count). The van der Waals surface area contributed by atoms with Crippen molar-refractivity contribution >= 4 is 0 Å². The van der Waals surface area contributed by atoms with Gasteiger partial charge in [-0.2, -0.15) is 15.8 Å². The second kappa shape index (κ2) is 8.49. The zero-order valence-corrected chi connectivity index (χ0v) is 17.5. The van der Waals surface area contributed by atoms with Crippen LogP contribution in [0, 0.1) is 45.3 Å². The van der Waals surface area contributed by atoms with Crippen LogP contribution in [0.1, 0.15) is 24.8 Å². The molecule has 1 aromatic carbocycles. The average Bonchev–Trinajstić information content (AvgIpc) is 2.78. The van der Waals surface area contributed by atoms with E-state index in [0.717, 1.165) is 24.1 Å². The van der Waals surface area contributed by atoms with Crippen molar-refractivity contribution in [1.29, 1.82) is 15.8 Å². The minimum Gasteiger partial charge on any atom is -0.497 e. The van der Waals surface area contributed by atoms with Crippen molar-refractivity contribution in [1.82, 2.24) is 4.90 Å². The summed E-state index contributed by atoms with van der Waals surface area (Å²) in [6.07, 6.45) is 3.00. The van der Waals surface area contributed by atoms with E-state index < -0.39 is 11.3 Å². The first-order chi connectivity index (χ1) is 14.5. The van der Waals surface area contributed by atoms with E-state index in [4.69, 9.17) is 15.2 Å². The number of ether oxygens (including phenoxy) is 2. The van der Waals surface area contributed by atoms with Crippen LogP contribution in [-0.2, 0) is 0 Å². The molecule has 2 aliphatic rings. The number of fused-ring (bicyclic) bond motifs is 1. The smallest absolute Gasteiger partial charge is 0.191 e. The topological polar surface area (TPSA) is 119 Å². The van der Waals surface area contributed by atoms with E-state index in [9.17, 15) is 15.8 Å². The number of benzene rings is 1. The number of methoxy groups -OCH3 is 2. The minimum absolute atomic E-state index is 0.0215. The van der Waals surface area contributed by atoms with Crippen molar-refractivity contribution < 1.29 is 9.47 Å². The lowest BCUT2D eigenvalue weighted by Crippen LogP contribution is -2.48. The third-order valence-electron chi connectivity index (χ3n) is 6.01. The van der Waals surface area contributed by atoms with Crippen molar-refractivity contribution in [2.45, 2.75) is 19.3 Å². The van der Waals surface area contributed by atoms with Gasteiger partial charge in [0.25, 0.3) is 0 Å². The molecule has 0 saturated heterocycles. The molecule has 154 valence electrons. The quantitative estimate of drug-likeness (QED) is 0.803. The summed E-state index contributed by atoms with van der Waals surface area (Å²) in [6.45, 7) is 4.34. The minimum atomic E-state index is -1.67. The fourth-order valence-corrected chi connectivity index (χ4v) is 4.62. The Morgan fingerprint density at radius 1 is 1.13 bits per heavy atom. The van der Waals surface area contributed by atoms with E-state index in [1.54, 1.807) is 20.3 Å². The fourth-order valence-electron chi connectivity index (χ4n) is 4.62. The van der Waals surface area contributed by atoms with Gasteiger partial charge in [-0.25, -0.2) is 0 Å². The van der Waals surface area contributed by atoms with Crippen molar-refractivity contribution in [3.05, 3.63) is 46.7 Å². The standard InChI is InChI=1S/C23H25N5O2/c1-4-6-28-7-5-18-19(11-24)22(27)23(13-25,14-26)21(20(18)12-28)15-8-16(29-2)10-17(9-15)30-3/h5,8-10,20-21H,4,6-7,12,27H2,1-3H3. The Hall–Kier alpha value is -3.47. The Labute approximate surface area is 177 Å². The van der Waals surface area contributed by atoms with Gasteiger partial charge in [-0.1, -0.05) is 13.0 Å². The molecule has 0 fully saturated rings. The summed E-state index contributed by atoms with van der Waals surface area (Å²) < 4.78 is 10.8. The van der Waals surface area contributed by atoms with Crippen LogP contribution in [0.3, 0.4) is 0 Å². The van der Waals surface area contributed by atoms with Crippen LogP contribution in [0.2, 0.25) is 0 Å². The van der Waals surface area contributed by atoms with Gasteiger partial charge in [-0.15, -0.1) is 0 Å². The van der Waals surface area contributed by atoms with E-state index in [2.05, 4.69) is 30.0 Å². The highest BCUT2D eigenvalue weighted by Gasteiger charge is 2.54. The van der Waals surface area contributed by atoms with Crippen molar-refractivity contribution in [3.63, 3.8) is 0 Å². The molecule has 1 heterocycles. The largest absolute Gasteiger partial charge is 0.497 e. The second-order valence-electron chi connectivity index (χ2n) is 7.58. The van der Waals surface area contributed by atoms with E-state index >= 15 is 0 Å². The lowest BCUT2D eigenvalue weighted by molar-refractivity contribution is 0.207. The molecule has 1 aromatic rings. The maximum absolute atomic E-state index is 10.2. The van der Waals surface area contributed by atoms with E-state index in [1.165, 1.54) is 0 Å². The fraction of sp³-hybridized carbons (Fsp3) is 0.435. The van der Waals surface area contributed by atoms with Gasteiger partial charge in [0.2, 0.25) is 0 Å². The molecule has 1 aliphatic carbocycles. The van der Waals surface area contributed by atoms with Crippen LogP contribution < -0.4 is 15.2 Å². The molecule has 0 aromatic heterocycles. The predicted molar refractivity (Wildman–Crippen MR) is 111 cm³/mol. The average molecular weight is 403 g/mol. The molecule has 30 heavy (non-hydrogen) atoms. The Kier molecular flexibility index (Phi) is 6.01. The molecule has 2 atom stereocenters. The lowest BCUT2D eigenvalue weighted by Gasteiger charge is -2.45. The number of nitriles is 3. The third-order valence-corrected chi connectivity index (χ3v) is 6.01. The van der Waals surface area contributed by atoms with Gasteiger partial charge in [0.1, 0.15) is 17.6 Å². The Morgan fingerprint density at radius 2 is 1.77 bits per heavy atom. The highest BCUT2D eigenvalue weighted by molar-refractivity contribution is 5.60. The first kappa shape index (κ1) is 21.2. The highest BCUT2D eigenvalue weighted by atomic mass is 16.5. The monoisotopic (exact) mass is 403 g/mol. The van der Waals surface area contributed by atoms with Crippen LogP contribution >= 0.6 is 0 Å². The number of rotatable bonds is 5. The van der Waals surface area contributed by atoms with Crippen LogP contribution in [0.15, 0.2) is 41.1 Å². The number of nitrogens with zero attached hydrogens (tertiary/aromatic N) is 4. The molecule has 7 nitrogen and oxygen atoms in total. The number of allylic oxidation sites excluding steroid dienone is 2. The van der Waals surface area contributed by atoms with Gasteiger partial charge >= 0.3 is 0 Å². The number of nitrogens with two attached hydrogens (primary N) is 1. The highest BCUT2D eigenvalue weighted by Crippen LogP contribution is 2.54. The maximum Gasteiger partial charge on any atom is 0.191 e. The van der Waals surface area contributed by atoms with Crippen molar-refractivity contribution in [3.8, 4) is 29.7 Å². The number of hydrogen-bond donors (Lipinski definition) is 1. The predicted octanol–water partition coefficient (Wildman–Crippen LogP) is 2.84. The Morgan fingerprint density at radius 3 is 2.27 bits per heavy atom. The normalized spacial score (nSPS) is 22.7. The molecule has 0 amide bonds. The molecular formula is C23H25N5O2. The molecule has 2 unspecified atom stereocenters. The van der Waals surface area contributed by atoms with E-state index in [0.29, 0.717) is 24.6 Å². The van der Waals surface area contributed by atoms with Gasteiger partial charge in [-0.05, 0) is 36.2 Å². The zero-order valence-electron chi connectivity index (χ0n) is 17.5. The van der Waals surface area contributed by atoms with Gasteiger partial charge in [0.05, 0.1) is 37.6 Å². The van der Waals surface area contributed by atoms with Gasteiger partial charge in [0.15, 0.2) is 5.41 Å². The van der Waals surface area contributed by atoms with Crippen molar-refractivity contribution in [2.75, 3.05) is 33.9 Å². The van der Waals surface area contributed by atoms with Crippen LogP contribution in [0.25, 0.3) is 0 Å². The molecule has 7 heteroatoms. The molecule has 0 saturated carbocycles. The Balaban J connectivity index is 2.30. The molecular weight excluding hydrogens is 378 g/mol. The van der Waals surface area contributed by atoms with Crippen LogP contribution in [-0.4, -0.2) is 38.8 Å². The summed E-state index contributed by atoms with van der Waals surface area (Å²) in [5, 5.41) is 30.2. The third kappa shape index (κ3) is 3.26. The molecule has 0 radical (unpaired) electrons. The van der Waals surface area contributed by atoms with E-state index in [-0.39, 0.29) is 17.2 Å². The summed E-state index contributed by atoms with van der Waals surface area (Å²) in [7, 11) is 3.11. The van der Waals surface area contributed by atoms with Gasteiger partial charge in [0, 0.05) is 31.0 Å². The molecule has 2 N–H and O–H groups in total. The molecule has 0 bridgehead atoms. The van der Waals surface area contributed by atoms with E-state index in [1.807, 2.05) is 18.2 Å². The second-order valence-corrected chi connectivity index (χ2v) is 7.58. The molecule has 0 spiro atoms. The lowest BCUT2D eigenvalue weighted by atomic mass is 9.58. The first-order valence-electron chi connectivity index (χ1n) is 9.88. The van der Waals surface area contributed by atoms with Gasteiger partial charge < -0.3 is 15.2 Å². The summed E-state index contributed by atoms with van der Waals surface area (Å²) in [4.78, 5) is 2.27. The molecule has 1 aliphatic heterocycles. The van der Waals surface area contributed by atoms with Crippen LogP contribution in [0.5, 0.6) is 11.5 Å².